The van der Waals surface area contributed by atoms with Crippen molar-refractivity contribution in [3.05, 3.63) is 48.0 Å². The van der Waals surface area contributed by atoms with Crippen molar-refractivity contribution in [1.29, 1.82) is 0 Å². The van der Waals surface area contributed by atoms with Gasteiger partial charge in [0.1, 0.15) is 5.03 Å². The summed E-state index contributed by atoms with van der Waals surface area (Å²) in [6.45, 7) is 2.70. The molecule has 3 nitrogen and oxygen atoms in total. The average molecular weight is 274 g/mol. The van der Waals surface area contributed by atoms with Crippen LogP contribution in [-0.4, -0.2) is 11.6 Å². The van der Waals surface area contributed by atoms with Crippen LogP contribution in [0.1, 0.15) is 18.9 Å². The highest BCUT2D eigenvalue weighted by Gasteiger charge is 2.05. The normalized spacial score (nSPS) is 10.4. The molecule has 0 bridgehead atoms. The van der Waals surface area contributed by atoms with Crippen LogP contribution in [0, 0.1) is 0 Å². The van der Waals surface area contributed by atoms with Crippen LogP contribution < -0.4 is 10.5 Å². The van der Waals surface area contributed by atoms with Crippen LogP contribution >= 0.6 is 11.8 Å². The summed E-state index contributed by atoms with van der Waals surface area (Å²) >= 11 is 1.68. The zero-order valence-corrected chi connectivity index (χ0v) is 11.8. The Morgan fingerprint density at radius 2 is 1.95 bits per heavy atom. The Morgan fingerprint density at radius 3 is 2.68 bits per heavy atom. The third kappa shape index (κ3) is 4.17. The SMILES string of the molecule is CCCOc1nc(SCc2ccccc2)ccc1N. The van der Waals surface area contributed by atoms with Gasteiger partial charge in [-0.3, -0.25) is 0 Å². The summed E-state index contributed by atoms with van der Waals surface area (Å²) in [6, 6.07) is 14.1. The van der Waals surface area contributed by atoms with Gasteiger partial charge in [-0.05, 0) is 24.1 Å². The summed E-state index contributed by atoms with van der Waals surface area (Å²) in [5.41, 5.74) is 7.72. The molecule has 0 spiro atoms. The van der Waals surface area contributed by atoms with Crippen LogP contribution in [0.2, 0.25) is 0 Å². The smallest absolute Gasteiger partial charge is 0.238 e. The third-order valence-electron chi connectivity index (χ3n) is 2.54. The molecule has 1 aromatic heterocycles. The van der Waals surface area contributed by atoms with Crippen LogP contribution in [0.4, 0.5) is 5.69 Å². The standard InChI is InChI=1S/C15H18N2OS/c1-2-10-18-15-13(16)8-9-14(17-15)19-11-12-6-4-3-5-7-12/h3-9H,2,10-11,16H2,1H3. The van der Waals surface area contributed by atoms with Crippen molar-refractivity contribution in [1.82, 2.24) is 4.98 Å². The second kappa shape index (κ2) is 7.04. The van der Waals surface area contributed by atoms with E-state index >= 15 is 0 Å². The largest absolute Gasteiger partial charge is 0.476 e. The number of aromatic nitrogens is 1. The van der Waals surface area contributed by atoms with E-state index in [1.165, 1.54) is 5.56 Å². The van der Waals surface area contributed by atoms with Crippen molar-refractivity contribution >= 4 is 17.4 Å². The van der Waals surface area contributed by atoms with Crippen molar-refractivity contribution in [3.63, 3.8) is 0 Å². The molecule has 100 valence electrons. The van der Waals surface area contributed by atoms with Crippen LogP contribution in [0.15, 0.2) is 47.5 Å². The molecule has 0 atom stereocenters. The number of hydrogen-bond donors (Lipinski definition) is 1. The van der Waals surface area contributed by atoms with E-state index in [1.807, 2.05) is 30.3 Å². The Bertz CT molecular complexity index is 517. The first kappa shape index (κ1) is 13.7. The number of nitrogens with zero attached hydrogens (tertiary/aromatic N) is 1. The lowest BCUT2D eigenvalue weighted by molar-refractivity contribution is 0.305. The summed E-state index contributed by atoms with van der Waals surface area (Å²) in [7, 11) is 0. The predicted molar refractivity (Wildman–Crippen MR) is 80.4 cm³/mol. The summed E-state index contributed by atoms with van der Waals surface area (Å²) in [5, 5.41) is 0.934. The van der Waals surface area contributed by atoms with Gasteiger partial charge in [-0.2, -0.15) is 0 Å². The maximum atomic E-state index is 5.84. The summed E-state index contributed by atoms with van der Waals surface area (Å²) in [6.07, 6.45) is 0.947. The fraction of sp³-hybridized carbons (Fsp3) is 0.267. The van der Waals surface area contributed by atoms with Crippen molar-refractivity contribution in [2.45, 2.75) is 24.1 Å². The van der Waals surface area contributed by atoms with Crippen LogP contribution in [-0.2, 0) is 5.75 Å². The summed E-state index contributed by atoms with van der Waals surface area (Å²) in [5.74, 6) is 1.44. The first-order chi connectivity index (χ1) is 9.29. The fourth-order valence-corrected chi connectivity index (χ4v) is 2.38. The van der Waals surface area contributed by atoms with Gasteiger partial charge in [-0.15, -0.1) is 11.8 Å². The van der Waals surface area contributed by atoms with Crippen molar-refractivity contribution in [2.24, 2.45) is 0 Å². The van der Waals surface area contributed by atoms with Crippen LogP contribution in [0.3, 0.4) is 0 Å². The van der Waals surface area contributed by atoms with Gasteiger partial charge >= 0.3 is 0 Å². The van der Waals surface area contributed by atoms with Crippen molar-refractivity contribution < 1.29 is 4.74 Å². The lowest BCUT2D eigenvalue weighted by Crippen LogP contribution is -2.01. The molecule has 0 amide bonds. The second-order valence-electron chi connectivity index (χ2n) is 4.17. The molecule has 2 aromatic rings. The minimum absolute atomic E-state index is 0.542. The Kier molecular flexibility index (Phi) is 5.10. The number of thioether (sulfide) groups is 1. The van der Waals surface area contributed by atoms with Gasteiger partial charge in [0.15, 0.2) is 0 Å². The molecule has 0 radical (unpaired) electrons. The number of nitrogen functional groups attached to an aromatic ring is 1. The quantitative estimate of drug-likeness (QED) is 0.815. The van der Waals surface area contributed by atoms with Crippen LogP contribution in [0.25, 0.3) is 0 Å². The van der Waals surface area contributed by atoms with E-state index in [0.717, 1.165) is 17.2 Å². The van der Waals surface area contributed by atoms with Crippen LogP contribution in [0.5, 0.6) is 5.88 Å². The van der Waals surface area contributed by atoms with E-state index in [4.69, 9.17) is 10.5 Å². The molecule has 0 saturated carbocycles. The van der Waals surface area contributed by atoms with E-state index in [0.29, 0.717) is 18.2 Å². The molecule has 19 heavy (non-hydrogen) atoms. The summed E-state index contributed by atoms with van der Waals surface area (Å²) in [4.78, 5) is 4.44. The van der Waals surface area contributed by atoms with E-state index < -0.39 is 0 Å². The maximum Gasteiger partial charge on any atom is 0.238 e. The molecular weight excluding hydrogens is 256 g/mol. The number of benzene rings is 1. The molecule has 0 fully saturated rings. The average Bonchev–Trinajstić information content (AvgIpc) is 2.46. The topological polar surface area (TPSA) is 48.1 Å². The van der Waals surface area contributed by atoms with Gasteiger partial charge in [0.05, 0.1) is 12.3 Å². The number of nitrogens with two attached hydrogens (primary N) is 1. The van der Waals surface area contributed by atoms with E-state index in [-0.39, 0.29) is 0 Å². The Hall–Kier alpha value is -1.68. The molecule has 2 rings (SSSR count). The molecule has 1 heterocycles. The number of rotatable bonds is 6. The Labute approximate surface area is 118 Å². The molecule has 2 N–H and O–H groups in total. The third-order valence-corrected chi connectivity index (χ3v) is 3.54. The highest BCUT2D eigenvalue weighted by molar-refractivity contribution is 7.98. The summed E-state index contributed by atoms with van der Waals surface area (Å²) < 4.78 is 5.53. The van der Waals surface area contributed by atoms with Gasteiger partial charge in [0.2, 0.25) is 5.88 Å². The Balaban J connectivity index is 2.00. The monoisotopic (exact) mass is 274 g/mol. The zero-order valence-electron chi connectivity index (χ0n) is 11.0. The van der Waals surface area contributed by atoms with Crippen molar-refractivity contribution in [3.8, 4) is 5.88 Å². The first-order valence-corrected chi connectivity index (χ1v) is 7.34. The van der Waals surface area contributed by atoms with Gasteiger partial charge in [-0.1, -0.05) is 37.3 Å². The first-order valence-electron chi connectivity index (χ1n) is 6.35. The molecular formula is C15H18N2OS. The van der Waals surface area contributed by atoms with E-state index in [9.17, 15) is 0 Å². The number of anilines is 1. The number of pyridine rings is 1. The minimum Gasteiger partial charge on any atom is -0.476 e. The van der Waals surface area contributed by atoms with Gasteiger partial charge in [0.25, 0.3) is 0 Å². The maximum absolute atomic E-state index is 5.84. The number of ether oxygens (including phenoxy) is 1. The zero-order chi connectivity index (χ0) is 13.5. The second-order valence-corrected chi connectivity index (χ2v) is 5.16. The predicted octanol–water partition coefficient (Wildman–Crippen LogP) is 3.74. The molecule has 0 aliphatic carbocycles. The van der Waals surface area contributed by atoms with Gasteiger partial charge in [0, 0.05) is 5.75 Å². The molecule has 0 aliphatic rings. The van der Waals surface area contributed by atoms with E-state index in [2.05, 4.69) is 24.0 Å². The lowest BCUT2D eigenvalue weighted by atomic mass is 10.2. The highest BCUT2D eigenvalue weighted by Crippen LogP contribution is 2.26. The van der Waals surface area contributed by atoms with Gasteiger partial charge in [-0.25, -0.2) is 4.98 Å². The lowest BCUT2D eigenvalue weighted by Gasteiger charge is -2.08. The molecule has 4 heteroatoms. The molecule has 1 aromatic carbocycles. The molecule has 0 unspecified atom stereocenters. The van der Waals surface area contributed by atoms with E-state index in [1.54, 1.807) is 11.8 Å². The Morgan fingerprint density at radius 1 is 1.16 bits per heavy atom. The van der Waals surface area contributed by atoms with Gasteiger partial charge < -0.3 is 10.5 Å². The van der Waals surface area contributed by atoms with Crippen molar-refractivity contribution in [2.75, 3.05) is 12.3 Å². The fourth-order valence-electron chi connectivity index (χ4n) is 1.56. The minimum atomic E-state index is 0.542. The highest BCUT2D eigenvalue weighted by atomic mass is 32.2. The molecule has 0 aliphatic heterocycles. The molecule has 0 saturated heterocycles. The number of hydrogen-bond acceptors (Lipinski definition) is 4.